The second-order valence-electron chi connectivity index (χ2n) is 5.04. The van der Waals surface area contributed by atoms with Crippen LogP contribution in [0.1, 0.15) is 38.2 Å². The predicted molar refractivity (Wildman–Crippen MR) is 71.5 cm³/mol. The largest absolute Gasteiger partial charge is 0.495 e. The fourth-order valence-electron chi connectivity index (χ4n) is 2.75. The number of halogens is 1. The molecule has 0 saturated heterocycles. The molecule has 0 amide bonds. The summed E-state index contributed by atoms with van der Waals surface area (Å²) in [5.41, 5.74) is 7.52. The van der Waals surface area contributed by atoms with Crippen LogP contribution in [0.2, 0.25) is 5.02 Å². The van der Waals surface area contributed by atoms with Gasteiger partial charge in [0.25, 0.3) is 0 Å². The number of ether oxygens (including phenoxy) is 1. The van der Waals surface area contributed by atoms with Gasteiger partial charge in [-0.05, 0) is 36.5 Å². The van der Waals surface area contributed by atoms with Crippen molar-refractivity contribution >= 4 is 11.6 Å². The van der Waals surface area contributed by atoms with Crippen LogP contribution in [-0.4, -0.2) is 7.11 Å². The Hall–Kier alpha value is -0.730. The van der Waals surface area contributed by atoms with E-state index in [1.165, 1.54) is 19.3 Å². The quantitative estimate of drug-likeness (QED) is 0.872. The molecule has 1 fully saturated rings. The summed E-state index contributed by atoms with van der Waals surface area (Å²) in [6.45, 7) is 2.24. The van der Waals surface area contributed by atoms with Crippen molar-refractivity contribution in [3.8, 4) is 5.75 Å². The third-order valence-corrected chi connectivity index (χ3v) is 4.36. The molecule has 1 aliphatic rings. The molecule has 0 heterocycles. The Balaban J connectivity index is 2.38. The van der Waals surface area contributed by atoms with Crippen LogP contribution in [0.3, 0.4) is 0 Å². The first-order chi connectivity index (χ1) is 8.08. The van der Waals surface area contributed by atoms with Crippen molar-refractivity contribution in [3.63, 3.8) is 0 Å². The smallest absolute Gasteiger partial charge is 0.137 e. The van der Waals surface area contributed by atoms with E-state index in [2.05, 4.69) is 6.92 Å². The number of nitrogens with two attached hydrogens (primary N) is 1. The summed E-state index contributed by atoms with van der Waals surface area (Å²) in [5, 5.41) is 0.642. The monoisotopic (exact) mass is 253 g/mol. The molecule has 2 N–H and O–H groups in total. The molecule has 1 aromatic rings. The Morgan fingerprint density at radius 1 is 1.41 bits per heavy atom. The third-order valence-electron chi connectivity index (χ3n) is 4.05. The normalized spacial score (nSPS) is 29.1. The van der Waals surface area contributed by atoms with E-state index >= 15 is 0 Å². The summed E-state index contributed by atoms with van der Waals surface area (Å²) in [7, 11) is 1.64. The lowest BCUT2D eigenvalue weighted by molar-refractivity contribution is 0.206. The Morgan fingerprint density at radius 3 is 2.82 bits per heavy atom. The molecule has 2 atom stereocenters. The van der Waals surface area contributed by atoms with Crippen molar-refractivity contribution in [2.75, 3.05) is 7.11 Å². The summed E-state index contributed by atoms with van der Waals surface area (Å²) < 4.78 is 5.27. The summed E-state index contributed by atoms with van der Waals surface area (Å²) in [6, 6.07) is 5.91. The van der Waals surface area contributed by atoms with E-state index in [1.54, 1.807) is 7.11 Å². The van der Waals surface area contributed by atoms with Gasteiger partial charge >= 0.3 is 0 Å². The van der Waals surface area contributed by atoms with Crippen LogP contribution in [-0.2, 0) is 5.54 Å². The minimum atomic E-state index is -0.226. The van der Waals surface area contributed by atoms with Crippen molar-refractivity contribution in [1.29, 1.82) is 0 Å². The number of hydrogen-bond donors (Lipinski definition) is 1. The zero-order chi connectivity index (χ0) is 12.5. The summed E-state index contributed by atoms with van der Waals surface area (Å²) in [6.07, 6.45) is 4.72. The molecule has 2 unspecified atom stereocenters. The Morgan fingerprint density at radius 2 is 2.18 bits per heavy atom. The summed E-state index contributed by atoms with van der Waals surface area (Å²) >= 11 is 6.05. The van der Waals surface area contributed by atoms with Gasteiger partial charge in [-0.25, -0.2) is 0 Å². The minimum absolute atomic E-state index is 0.226. The molecular weight excluding hydrogens is 234 g/mol. The molecule has 0 bridgehead atoms. The molecule has 2 nitrogen and oxygen atoms in total. The van der Waals surface area contributed by atoms with Crippen LogP contribution in [0, 0.1) is 5.92 Å². The standard InChI is InChI=1S/C14H20ClNO/c1-10-5-3-4-8-14(10,16)11-6-7-12(15)13(9-11)17-2/h6-7,9-10H,3-5,8,16H2,1-2H3. The molecular formula is C14H20ClNO. The highest BCUT2D eigenvalue weighted by Crippen LogP contribution is 2.41. The second-order valence-corrected chi connectivity index (χ2v) is 5.44. The van der Waals surface area contributed by atoms with Crippen molar-refractivity contribution < 1.29 is 4.74 Å². The lowest BCUT2D eigenvalue weighted by Crippen LogP contribution is -2.45. The molecule has 1 saturated carbocycles. The zero-order valence-corrected chi connectivity index (χ0v) is 11.3. The molecule has 0 spiro atoms. The minimum Gasteiger partial charge on any atom is -0.495 e. The van der Waals surface area contributed by atoms with Crippen LogP contribution in [0.15, 0.2) is 18.2 Å². The van der Waals surface area contributed by atoms with Gasteiger partial charge in [0.05, 0.1) is 12.1 Å². The first-order valence-corrected chi connectivity index (χ1v) is 6.58. The van der Waals surface area contributed by atoms with Crippen LogP contribution >= 0.6 is 11.6 Å². The molecule has 1 aromatic carbocycles. The van der Waals surface area contributed by atoms with Crippen molar-refractivity contribution in [2.24, 2.45) is 11.7 Å². The summed E-state index contributed by atoms with van der Waals surface area (Å²) in [4.78, 5) is 0. The van der Waals surface area contributed by atoms with E-state index in [0.29, 0.717) is 16.7 Å². The van der Waals surface area contributed by atoms with Crippen molar-refractivity contribution in [1.82, 2.24) is 0 Å². The van der Waals surface area contributed by atoms with Crippen molar-refractivity contribution in [2.45, 2.75) is 38.1 Å². The molecule has 3 heteroatoms. The molecule has 1 aliphatic carbocycles. The maximum Gasteiger partial charge on any atom is 0.137 e. The Bertz CT molecular complexity index is 407. The van der Waals surface area contributed by atoms with Gasteiger partial charge in [-0.3, -0.25) is 0 Å². The highest BCUT2D eigenvalue weighted by atomic mass is 35.5. The van der Waals surface area contributed by atoms with Gasteiger partial charge in [0.15, 0.2) is 0 Å². The Labute approximate surface area is 108 Å². The van der Waals surface area contributed by atoms with Gasteiger partial charge in [-0.1, -0.05) is 37.4 Å². The highest BCUT2D eigenvalue weighted by Gasteiger charge is 2.36. The molecule has 94 valence electrons. The predicted octanol–water partition coefficient (Wildman–Crippen LogP) is 3.71. The van der Waals surface area contributed by atoms with E-state index in [0.717, 1.165) is 12.0 Å². The maximum atomic E-state index is 6.60. The van der Waals surface area contributed by atoms with Crippen LogP contribution in [0.4, 0.5) is 0 Å². The summed E-state index contributed by atoms with van der Waals surface area (Å²) in [5.74, 6) is 1.22. The van der Waals surface area contributed by atoms with Crippen LogP contribution in [0.25, 0.3) is 0 Å². The van der Waals surface area contributed by atoms with E-state index in [4.69, 9.17) is 22.1 Å². The topological polar surface area (TPSA) is 35.2 Å². The molecule has 2 rings (SSSR count). The number of benzene rings is 1. The first kappa shape index (κ1) is 12.7. The fraction of sp³-hybridized carbons (Fsp3) is 0.571. The average molecular weight is 254 g/mol. The molecule has 0 radical (unpaired) electrons. The number of methoxy groups -OCH3 is 1. The lowest BCUT2D eigenvalue weighted by Gasteiger charge is -2.40. The lowest BCUT2D eigenvalue weighted by atomic mass is 9.70. The van der Waals surface area contributed by atoms with Gasteiger partial charge in [0.1, 0.15) is 5.75 Å². The van der Waals surface area contributed by atoms with Gasteiger partial charge in [0, 0.05) is 5.54 Å². The van der Waals surface area contributed by atoms with E-state index in [-0.39, 0.29) is 5.54 Å². The highest BCUT2D eigenvalue weighted by molar-refractivity contribution is 6.32. The van der Waals surface area contributed by atoms with Gasteiger partial charge in [-0.15, -0.1) is 0 Å². The molecule has 17 heavy (non-hydrogen) atoms. The van der Waals surface area contributed by atoms with Gasteiger partial charge in [0.2, 0.25) is 0 Å². The number of hydrogen-bond acceptors (Lipinski definition) is 2. The fourth-order valence-corrected chi connectivity index (χ4v) is 2.94. The van der Waals surface area contributed by atoms with Crippen LogP contribution < -0.4 is 10.5 Å². The second kappa shape index (κ2) is 4.87. The van der Waals surface area contributed by atoms with Gasteiger partial charge in [-0.2, -0.15) is 0 Å². The van der Waals surface area contributed by atoms with E-state index in [9.17, 15) is 0 Å². The Kier molecular flexibility index (Phi) is 3.64. The SMILES string of the molecule is COc1cc(C2(N)CCCCC2C)ccc1Cl. The average Bonchev–Trinajstić information content (AvgIpc) is 2.33. The van der Waals surface area contributed by atoms with Crippen molar-refractivity contribution in [3.05, 3.63) is 28.8 Å². The van der Waals surface area contributed by atoms with Crippen LogP contribution in [0.5, 0.6) is 5.75 Å². The zero-order valence-electron chi connectivity index (χ0n) is 10.5. The third kappa shape index (κ3) is 2.29. The number of rotatable bonds is 2. The van der Waals surface area contributed by atoms with E-state index < -0.39 is 0 Å². The first-order valence-electron chi connectivity index (χ1n) is 6.21. The molecule has 0 aromatic heterocycles. The van der Waals surface area contributed by atoms with E-state index in [1.807, 2.05) is 18.2 Å². The maximum absolute atomic E-state index is 6.60. The molecule has 0 aliphatic heterocycles. The van der Waals surface area contributed by atoms with Gasteiger partial charge < -0.3 is 10.5 Å².